The Hall–Kier alpha value is -2.80. The fraction of sp³-hybridized carbons (Fsp3) is 0.125. The van der Waals surface area contributed by atoms with Gasteiger partial charge < -0.3 is 10.1 Å². The van der Waals surface area contributed by atoms with Crippen molar-refractivity contribution < 1.29 is 9.53 Å². The predicted molar refractivity (Wildman–Crippen MR) is 75.7 cm³/mol. The van der Waals surface area contributed by atoms with Crippen LogP contribution in [0, 0.1) is 11.8 Å². The van der Waals surface area contributed by atoms with Crippen LogP contribution < -0.4 is 5.32 Å². The number of rotatable bonds is 3. The van der Waals surface area contributed by atoms with Crippen molar-refractivity contribution in [3.05, 3.63) is 66.0 Å². The van der Waals surface area contributed by atoms with Crippen LogP contribution >= 0.6 is 0 Å². The van der Waals surface area contributed by atoms with Crippen molar-refractivity contribution in [3.8, 4) is 11.8 Å². The molecule has 4 nitrogen and oxygen atoms in total. The first kappa shape index (κ1) is 13.6. The Kier molecular flexibility index (Phi) is 5.17. The molecule has 1 N–H and O–H groups in total. The van der Waals surface area contributed by atoms with Crippen molar-refractivity contribution >= 4 is 6.09 Å². The van der Waals surface area contributed by atoms with Crippen LogP contribution in [0.15, 0.2) is 54.9 Å². The Balaban J connectivity index is 1.70. The molecule has 0 unspecified atom stereocenters. The Labute approximate surface area is 117 Å². The molecule has 2 aromatic rings. The van der Waals surface area contributed by atoms with Gasteiger partial charge in [0, 0.05) is 18.0 Å². The predicted octanol–water partition coefficient (Wildman–Crippen LogP) is 2.36. The highest BCUT2D eigenvalue weighted by Gasteiger charge is 1.99. The number of aromatic nitrogens is 1. The number of nitrogens with one attached hydrogen (secondary N) is 1. The van der Waals surface area contributed by atoms with Gasteiger partial charge >= 0.3 is 6.09 Å². The number of hydrogen-bond donors (Lipinski definition) is 1. The minimum Gasteiger partial charge on any atom is -0.445 e. The zero-order valence-corrected chi connectivity index (χ0v) is 10.9. The summed E-state index contributed by atoms with van der Waals surface area (Å²) in [5, 5.41) is 2.57. The van der Waals surface area contributed by atoms with Gasteiger partial charge in [0.05, 0.1) is 6.54 Å². The molecule has 0 bridgehead atoms. The molecule has 1 aromatic carbocycles. The molecular formula is C16H14N2O2. The molecular weight excluding hydrogens is 252 g/mol. The highest BCUT2D eigenvalue weighted by atomic mass is 16.5. The lowest BCUT2D eigenvalue weighted by atomic mass is 10.2. The maximum atomic E-state index is 11.4. The Morgan fingerprint density at radius 2 is 2.05 bits per heavy atom. The fourth-order valence-electron chi connectivity index (χ4n) is 1.47. The summed E-state index contributed by atoms with van der Waals surface area (Å²) in [4.78, 5) is 15.4. The van der Waals surface area contributed by atoms with E-state index in [2.05, 4.69) is 22.1 Å². The summed E-state index contributed by atoms with van der Waals surface area (Å²) in [6.45, 7) is 0.491. The highest BCUT2D eigenvalue weighted by molar-refractivity contribution is 5.67. The second-order valence-electron chi connectivity index (χ2n) is 3.96. The van der Waals surface area contributed by atoms with Crippen LogP contribution in [0.25, 0.3) is 0 Å². The van der Waals surface area contributed by atoms with Crippen LogP contribution in [0.2, 0.25) is 0 Å². The summed E-state index contributed by atoms with van der Waals surface area (Å²) < 4.78 is 5.05. The van der Waals surface area contributed by atoms with E-state index < -0.39 is 6.09 Å². The number of alkyl carbamates (subject to hydrolysis) is 1. The normalized spacial score (nSPS) is 9.20. The third-order valence-corrected chi connectivity index (χ3v) is 2.43. The van der Waals surface area contributed by atoms with E-state index in [1.54, 1.807) is 12.4 Å². The summed E-state index contributed by atoms with van der Waals surface area (Å²) in [6, 6.07) is 13.2. The van der Waals surface area contributed by atoms with Gasteiger partial charge in [-0.25, -0.2) is 4.79 Å². The number of carbonyl (C=O) groups excluding carboxylic acids is 1. The van der Waals surface area contributed by atoms with Crippen molar-refractivity contribution in [2.24, 2.45) is 0 Å². The quantitative estimate of drug-likeness (QED) is 0.868. The van der Waals surface area contributed by atoms with Crippen molar-refractivity contribution in [3.63, 3.8) is 0 Å². The van der Waals surface area contributed by atoms with Crippen LogP contribution in [0.3, 0.4) is 0 Å². The molecule has 100 valence electrons. The fourth-order valence-corrected chi connectivity index (χ4v) is 1.47. The summed E-state index contributed by atoms with van der Waals surface area (Å²) in [7, 11) is 0. The average Bonchev–Trinajstić information content (AvgIpc) is 2.52. The lowest BCUT2D eigenvalue weighted by Gasteiger charge is -2.04. The van der Waals surface area contributed by atoms with Crippen LogP contribution in [-0.4, -0.2) is 17.6 Å². The minimum absolute atomic E-state index is 0.239. The highest BCUT2D eigenvalue weighted by Crippen LogP contribution is 2.00. The first-order valence-electron chi connectivity index (χ1n) is 6.18. The minimum atomic E-state index is -0.477. The number of nitrogens with zero attached hydrogens (tertiary/aromatic N) is 1. The topological polar surface area (TPSA) is 51.2 Å². The molecule has 1 aromatic heterocycles. The maximum absolute atomic E-state index is 11.4. The molecule has 4 heteroatoms. The summed E-state index contributed by atoms with van der Waals surface area (Å²) >= 11 is 0. The van der Waals surface area contributed by atoms with Crippen molar-refractivity contribution in [2.75, 3.05) is 6.54 Å². The molecule has 2 rings (SSSR count). The van der Waals surface area contributed by atoms with Gasteiger partial charge in [0.1, 0.15) is 6.61 Å². The molecule has 0 aliphatic rings. The van der Waals surface area contributed by atoms with Gasteiger partial charge in [-0.2, -0.15) is 0 Å². The van der Waals surface area contributed by atoms with Crippen molar-refractivity contribution in [2.45, 2.75) is 6.61 Å². The standard InChI is InChI=1S/C16H14N2O2/c19-16(20-13-15-6-2-1-3-7-15)18-11-5-9-14-8-4-10-17-12-14/h1-4,6-8,10,12H,11,13H2,(H,18,19). The van der Waals surface area contributed by atoms with Gasteiger partial charge in [-0.1, -0.05) is 42.2 Å². The average molecular weight is 266 g/mol. The second kappa shape index (κ2) is 7.59. The molecule has 0 saturated heterocycles. The number of benzene rings is 1. The number of pyridine rings is 1. The second-order valence-corrected chi connectivity index (χ2v) is 3.96. The zero-order chi connectivity index (χ0) is 14.0. The zero-order valence-electron chi connectivity index (χ0n) is 10.9. The summed E-state index contributed by atoms with van der Waals surface area (Å²) in [6.07, 6.45) is 2.87. The third-order valence-electron chi connectivity index (χ3n) is 2.43. The summed E-state index contributed by atoms with van der Waals surface area (Å²) in [5.74, 6) is 5.72. The molecule has 1 amide bonds. The van der Waals surface area contributed by atoms with E-state index in [4.69, 9.17) is 4.74 Å². The maximum Gasteiger partial charge on any atom is 0.408 e. The third kappa shape index (κ3) is 4.83. The Bertz CT molecular complexity index is 601. The van der Waals surface area contributed by atoms with Gasteiger partial charge in [0.25, 0.3) is 0 Å². The van der Waals surface area contributed by atoms with E-state index in [0.29, 0.717) is 0 Å². The smallest absolute Gasteiger partial charge is 0.408 e. The first-order valence-corrected chi connectivity index (χ1v) is 6.18. The van der Waals surface area contributed by atoms with Crippen LogP contribution in [0.1, 0.15) is 11.1 Å². The van der Waals surface area contributed by atoms with E-state index in [-0.39, 0.29) is 13.2 Å². The van der Waals surface area contributed by atoms with E-state index in [1.165, 1.54) is 0 Å². The number of ether oxygens (including phenoxy) is 1. The molecule has 0 aliphatic heterocycles. The number of carbonyl (C=O) groups is 1. The molecule has 0 saturated carbocycles. The Morgan fingerprint density at radius 1 is 1.20 bits per heavy atom. The van der Waals surface area contributed by atoms with Gasteiger partial charge in [-0.15, -0.1) is 0 Å². The molecule has 0 aliphatic carbocycles. The monoisotopic (exact) mass is 266 g/mol. The van der Waals surface area contributed by atoms with Crippen LogP contribution in [0.5, 0.6) is 0 Å². The van der Waals surface area contributed by atoms with Gasteiger partial charge in [-0.05, 0) is 17.7 Å². The lowest BCUT2D eigenvalue weighted by Crippen LogP contribution is -2.24. The van der Waals surface area contributed by atoms with E-state index in [0.717, 1.165) is 11.1 Å². The van der Waals surface area contributed by atoms with Gasteiger partial charge in [0.2, 0.25) is 0 Å². The molecule has 0 spiro atoms. The van der Waals surface area contributed by atoms with Gasteiger partial charge in [0.15, 0.2) is 0 Å². The SMILES string of the molecule is O=C(NCC#Cc1cccnc1)OCc1ccccc1. The molecule has 0 radical (unpaired) electrons. The lowest BCUT2D eigenvalue weighted by molar-refractivity contribution is 0.141. The van der Waals surface area contributed by atoms with Crippen molar-refractivity contribution in [1.29, 1.82) is 0 Å². The molecule has 1 heterocycles. The van der Waals surface area contributed by atoms with Gasteiger partial charge in [-0.3, -0.25) is 4.98 Å². The Morgan fingerprint density at radius 3 is 2.80 bits per heavy atom. The van der Waals surface area contributed by atoms with E-state index >= 15 is 0 Å². The van der Waals surface area contributed by atoms with Crippen molar-refractivity contribution in [1.82, 2.24) is 10.3 Å². The number of hydrogen-bond acceptors (Lipinski definition) is 3. The summed E-state index contributed by atoms with van der Waals surface area (Å²) in [5.41, 5.74) is 1.76. The largest absolute Gasteiger partial charge is 0.445 e. The molecule has 0 atom stereocenters. The first-order chi connectivity index (χ1) is 9.84. The van der Waals surface area contributed by atoms with Crippen LogP contribution in [0.4, 0.5) is 4.79 Å². The molecule has 0 fully saturated rings. The van der Waals surface area contributed by atoms with E-state index in [1.807, 2.05) is 42.5 Å². The number of amides is 1. The van der Waals surface area contributed by atoms with Crippen LogP contribution in [-0.2, 0) is 11.3 Å². The molecule has 20 heavy (non-hydrogen) atoms. The van der Waals surface area contributed by atoms with E-state index in [9.17, 15) is 4.79 Å².